The van der Waals surface area contributed by atoms with Gasteiger partial charge in [-0.05, 0) is 55.9 Å². The average Bonchev–Trinajstić information content (AvgIpc) is 2.54. The highest BCUT2D eigenvalue weighted by Gasteiger charge is 2.35. The molecule has 4 unspecified atom stereocenters. The summed E-state index contributed by atoms with van der Waals surface area (Å²) in [5.41, 5.74) is 5.87. The van der Waals surface area contributed by atoms with Crippen molar-refractivity contribution < 1.29 is 0 Å². The van der Waals surface area contributed by atoms with Crippen molar-refractivity contribution in [3.63, 3.8) is 0 Å². The zero-order valence-corrected chi connectivity index (χ0v) is 13.4. The smallest absolute Gasteiger partial charge is 0.0279 e. The molecule has 4 atom stereocenters. The monoisotopic (exact) mass is 286 g/mol. The molecule has 2 nitrogen and oxygen atoms in total. The Hall–Kier alpha value is -0.860. The van der Waals surface area contributed by atoms with Crippen LogP contribution in [0.3, 0.4) is 0 Å². The van der Waals surface area contributed by atoms with Gasteiger partial charge in [0.2, 0.25) is 0 Å². The summed E-state index contributed by atoms with van der Waals surface area (Å²) >= 11 is 0. The lowest BCUT2D eigenvalue weighted by Gasteiger charge is -2.42. The van der Waals surface area contributed by atoms with Crippen molar-refractivity contribution in [2.45, 2.75) is 64.3 Å². The molecule has 2 saturated carbocycles. The summed E-state index contributed by atoms with van der Waals surface area (Å²) in [6, 6.07) is 9.37. The first-order valence-electron chi connectivity index (χ1n) is 8.78. The minimum atomic E-state index is 0.440. The normalized spacial score (nSPS) is 30.7. The molecule has 2 aliphatic carbocycles. The van der Waals surface area contributed by atoms with Crippen LogP contribution in [-0.2, 0) is 6.42 Å². The highest BCUT2D eigenvalue weighted by Crippen LogP contribution is 2.43. The Kier molecular flexibility index (Phi) is 4.97. The van der Waals surface area contributed by atoms with Crippen molar-refractivity contribution in [1.82, 2.24) is 5.43 Å². The van der Waals surface area contributed by atoms with Crippen molar-refractivity contribution in [3.05, 3.63) is 35.4 Å². The average molecular weight is 286 g/mol. The predicted octanol–water partition coefficient (Wildman–Crippen LogP) is 3.98. The molecule has 0 heterocycles. The Balaban J connectivity index is 1.61. The van der Waals surface area contributed by atoms with Crippen LogP contribution in [0.1, 0.15) is 56.1 Å². The molecule has 21 heavy (non-hydrogen) atoms. The molecule has 2 fully saturated rings. The summed E-state index contributed by atoms with van der Waals surface area (Å²) in [5, 5.41) is 0. The fourth-order valence-electron chi connectivity index (χ4n) is 4.61. The van der Waals surface area contributed by atoms with Gasteiger partial charge < -0.3 is 0 Å². The zero-order valence-electron chi connectivity index (χ0n) is 13.4. The van der Waals surface area contributed by atoms with Crippen molar-refractivity contribution in [2.24, 2.45) is 23.6 Å². The van der Waals surface area contributed by atoms with Crippen LogP contribution in [-0.4, -0.2) is 6.04 Å². The predicted molar refractivity (Wildman–Crippen MR) is 88.8 cm³/mol. The Morgan fingerprint density at radius 1 is 1.05 bits per heavy atom. The van der Waals surface area contributed by atoms with E-state index in [0.29, 0.717) is 6.04 Å². The SMILES string of the molecule is Cc1ccc(CC(NN)C2CCC3CCCCC3C2)cc1. The molecule has 2 heteroatoms. The van der Waals surface area contributed by atoms with E-state index in [1.807, 2.05) is 0 Å². The van der Waals surface area contributed by atoms with Gasteiger partial charge in [0.25, 0.3) is 0 Å². The first-order chi connectivity index (χ1) is 10.3. The second-order valence-electron chi connectivity index (χ2n) is 7.34. The van der Waals surface area contributed by atoms with E-state index in [-0.39, 0.29) is 0 Å². The van der Waals surface area contributed by atoms with Gasteiger partial charge in [-0.1, -0.05) is 55.5 Å². The van der Waals surface area contributed by atoms with Gasteiger partial charge in [0.1, 0.15) is 0 Å². The molecule has 1 aromatic rings. The minimum Gasteiger partial charge on any atom is -0.271 e. The van der Waals surface area contributed by atoms with Crippen LogP contribution >= 0.6 is 0 Å². The molecule has 0 bridgehead atoms. The number of aryl methyl sites for hydroxylation is 1. The van der Waals surface area contributed by atoms with E-state index in [1.165, 1.54) is 56.1 Å². The second-order valence-corrected chi connectivity index (χ2v) is 7.34. The van der Waals surface area contributed by atoms with E-state index in [2.05, 4.69) is 36.6 Å². The molecule has 0 saturated heterocycles. The third kappa shape index (κ3) is 3.67. The Bertz CT molecular complexity index is 439. The molecular weight excluding hydrogens is 256 g/mol. The maximum absolute atomic E-state index is 5.90. The van der Waals surface area contributed by atoms with Crippen molar-refractivity contribution >= 4 is 0 Å². The molecule has 0 aliphatic heterocycles. The van der Waals surface area contributed by atoms with E-state index in [9.17, 15) is 0 Å². The van der Waals surface area contributed by atoms with E-state index in [0.717, 1.165) is 24.2 Å². The Labute approximate surface area is 129 Å². The Morgan fingerprint density at radius 3 is 2.48 bits per heavy atom. The first kappa shape index (κ1) is 15.1. The van der Waals surface area contributed by atoms with Gasteiger partial charge in [-0.25, -0.2) is 0 Å². The van der Waals surface area contributed by atoms with Crippen LogP contribution in [0.4, 0.5) is 0 Å². The van der Waals surface area contributed by atoms with Gasteiger partial charge in [-0.2, -0.15) is 0 Å². The summed E-state index contributed by atoms with van der Waals surface area (Å²) in [4.78, 5) is 0. The maximum Gasteiger partial charge on any atom is 0.0279 e. The van der Waals surface area contributed by atoms with Crippen molar-refractivity contribution in [3.8, 4) is 0 Å². The van der Waals surface area contributed by atoms with Crippen LogP contribution < -0.4 is 11.3 Å². The number of hydrazine groups is 1. The third-order valence-electron chi connectivity index (χ3n) is 5.94. The van der Waals surface area contributed by atoms with Gasteiger partial charge in [-0.15, -0.1) is 0 Å². The molecule has 1 aromatic carbocycles. The quantitative estimate of drug-likeness (QED) is 0.649. The zero-order chi connectivity index (χ0) is 14.7. The summed E-state index contributed by atoms with van der Waals surface area (Å²) in [5.74, 6) is 8.66. The number of fused-ring (bicyclic) bond motifs is 1. The first-order valence-corrected chi connectivity index (χ1v) is 8.78. The largest absolute Gasteiger partial charge is 0.271 e. The van der Waals surface area contributed by atoms with Crippen LogP contribution in [0.2, 0.25) is 0 Å². The Morgan fingerprint density at radius 2 is 1.76 bits per heavy atom. The van der Waals surface area contributed by atoms with E-state index in [1.54, 1.807) is 0 Å². The van der Waals surface area contributed by atoms with Gasteiger partial charge in [0, 0.05) is 6.04 Å². The number of nitrogens with one attached hydrogen (secondary N) is 1. The fourth-order valence-corrected chi connectivity index (χ4v) is 4.61. The van der Waals surface area contributed by atoms with Crippen molar-refractivity contribution in [1.29, 1.82) is 0 Å². The number of nitrogens with two attached hydrogens (primary N) is 1. The lowest BCUT2D eigenvalue weighted by Crippen LogP contribution is -2.45. The molecule has 116 valence electrons. The standard InChI is InChI=1S/C19H30N2/c1-14-6-8-15(9-7-14)12-19(21-20)18-11-10-16-4-2-3-5-17(16)13-18/h6-9,16-19,21H,2-5,10-13,20H2,1H3. The molecule has 0 spiro atoms. The van der Waals surface area contributed by atoms with Gasteiger partial charge in [0.15, 0.2) is 0 Å². The summed E-state index contributed by atoms with van der Waals surface area (Å²) < 4.78 is 0. The maximum atomic E-state index is 5.90. The molecule has 0 radical (unpaired) electrons. The van der Waals surface area contributed by atoms with Gasteiger partial charge >= 0.3 is 0 Å². The topological polar surface area (TPSA) is 38.0 Å². The molecular formula is C19H30N2. The van der Waals surface area contributed by atoms with Crippen molar-refractivity contribution in [2.75, 3.05) is 0 Å². The molecule has 3 rings (SSSR count). The molecule has 0 amide bonds. The van der Waals surface area contributed by atoms with Crippen LogP contribution in [0, 0.1) is 24.7 Å². The summed E-state index contributed by atoms with van der Waals surface area (Å²) in [6.07, 6.45) is 11.1. The minimum absolute atomic E-state index is 0.440. The summed E-state index contributed by atoms with van der Waals surface area (Å²) in [7, 11) is 0. The number of hydrogen-bond acceptors (Lipinski definition) is 2. The lowest BCUT2D eigenvalue weighted by atomic mass is 9.65. The second kappa shape index (κ2) is 6.93. The van der Waals surface area contributed by atoms with Crippen LogP contribution in [0.25, 0.3) is 0 Å². The van der Waals surface area contributed by atoms with E-state index >= 15 is 0 Å². The number of benzene rings is 1. The molecule has 3 N–H and O–H groups in total. The van der Waals surface area contributed by atoms with E-state index in [4.69, 9.17) is 5.84 Å². The van der Waals surface area contributed by atoms with Crippen LogP contribution in [0.15, 0.2) is 24.3 Å². The molecule has 0 aromatic heterocycles. The highest BCUT2D eigenvalue weighted by atomic mass is 15.2. The van der Waals surface area contributed by atoms with E-state index < -0.39 is 0 Å². The van der Waals surface area contributed by atoms with Gasteiger partial charge in [-0.3, -0.25) is 11.3 Å². The number of rotatable bonds is 4. The summed E-state index contributed by atoms with van der Waals surface area (Å²) in [6.45, 7) is 2.15. The number of hydrogen-bond donors (Lipinski definition) is 2. The fraction of sp³-hybridized carbons (Fsp3) is 0.684. The lowest BCUT2D eigenvalue weighted by molar-refractivity contribution is 0.109. The molecule has 2 aliphatic rings. The third-order valence-corrected chi connectivity index (χ3v) is 5.94. The highest BCUT2D eigenvalue weighted by molar-refractivity contribution is 5.22. The van der Waals surface area contributed by atoms with Gasteiger partial charge in [0.05, 0.1) is 0 Å². The van der Waals surface area contributed by atoms with Crippen LogP contribution in [0.5, 0.6) is 0 Å².